The van der Waals surface area contributed by atoms with Crippen molar-refractivity contribution in [1.29, 1.82) is 0 Å². The Hall–Kier alpha value is -3.98. The quantitative estimate of drug-likeness (QED) is 0.413. The molecule has 4 aromatic rings. The van der Waals surface area contributed by atoms with Gasteiger partial charge in [0.25, 0.3) is 10.0 Å². The third-order valence-electron chi connectivity index (χ3n) is 5.72. The third-order valence-corrected chi connectivity index (χ3v) is 7.46. The van der Waals surface area contributed by atoms with Crippen molar-refractivity contribution in [3.63, 3.8) is 0 Å². The number of aryl methyl sites for hydroxylation is 3. The number of carbonyl (C=O) groups excluding carboxylic acids is 1. The molecule has 0 N–H and O–H groups in total. The summed E-state index contributed by atoms with van der Waals surface area (Å²) in [5.74, 6) is 0.519. The van der Waals surface area contributed by atoms with Crippen molar-refractivity contribution < 1.29 is 17.6 Å². The molecular weight excluding hydrogens is 452 g/mol. The molecule has 0 radical (unpaired) electrons. The first-order chi connectivity index (χ1) is 16.3. The fourth-order valence-electron chi connectivity index (χ4n) is 3.90. The van der Waals surface area contributed by atoms with Crippen LogP contribution in [0.2, 0.25) is 0 Å². The van der Waals surface area contributed by atoms with Gasteiger partial charge < -0.3 is 4.42 Å². The monoisotopic (exact) mass is 474 g/mol. The summed E-state index contributed by atoms with van der Waals surface area (Å²) in [6, 6.07) is 18.7. The second kappa shape index (κ2) is 8.11. The number of sulfonamides is 1. The molecule has 172 valence electrons. The number of hydrogen-bond donors (Lipinski definition) is 0. The van der Waals surface area contributed by atoms with E-state index >= 15 is 0 Å². The summed E-state index contributed by atoms with van der Waals surface area (Å²) in [6.07, 6.45) is 0. The Morgan fingerprint density at radius 2 is 1.56 bits per heavy atom. The van der Waals surface area contributed by atoms with Gasteiger partial charge in [0.1, 0.15) is 11.4 Å². The van der Waals surface area contributed by atoms with Gasteiger partial charge in [0, 0.05) is 5.56 Å². The van der Waals surface area contributed by atoms with Gasteiger partial charge in [-0.2, -0.15) is 4.31 Å². The van der Waals surface area contributed by atoms with Crippen LogP contribution in [0.3, 0.4) is 0 Å². The first kappa shape index (κ1) is 21.8. The average molecular weight is 475 g/mol. The number of rotatable bonds is 4. The second-order valence-electron chi connectivity index (χ2n) is 8.26. The zero-order valence-corrected chi connectivity index (χ0v) is 19.7. The highest BCUT2D eigenvalue weighted by Gasteiger charge is 2.43. The molecule has 0 unspecified atom stereocenters. The molecule has 0 saturated heterocycles. The minimum Gasteiger partial charge on any atom is -0.419 e. The van der Waals surface area contributed by atoms with Crippen LogP contribution in [-0.2, 0) is 16.6 Å². The highest BCUT2D eigenvalue weighted by Crippen LogP contribution is 2.39. The van der Waals surface area contributed by atoms with E-state index < -0.39 is 16.1 Å². The van der Waals surface area contributed by atoms with Crippen molar-refractivity contribution >= 4 is 27.4 Å². The average Bonchev–Trinajstić information content (AvgIpc) is 3.28. The van der Waals surface area contributed by atoms with Crippen LogP contribution in [-0.4, -0.2) is 24.6 Å². The van der Waals surface area contributed by atoms with E-state index in [9.17, 15) is 13.2 Å². The van der Waals surface area contributed by atoms with Crippen LogP contribution >= 0.6 is 0 Å². The molecule has 1 aromatic heterocycles. The van der Waals surface area contributed by atoms with Gasteiger partial charge in [-0.15, -0.1) is 10.2 Å². The maximum Gasteiger partial charge on any atom is 0.343 e. The number of anilines is 2. The highest BCUT2D eigenvalue weighted by molar-refractivity contribution is 7.94. The number of urea groups is 1. The van der Waals surface area contributed by atoms with Crippen LogP contribution in [0.4, 0.5) is 16.2 Å². The van der Waals surface area contributed by atoms with Crippen LogP contribution in [0.25, 0.3) is 11.5 Å². The molecule has 0 fully saturated rings. The molecule has 3 aromatic carbocycles. The van der Waals surface area contributed by atoms with Crippen LogP contribution in [0, 0.1) is 20.8 Å². The summed E-state index contributed by atoms with van der Waals surface area (Å²) in [5.41, 5.74) is 3.95. The zero-order valence-electron chi connectivity index (χ0n) is 18.9. The van der Waals surface area contributed by atoms with E-state index in [2.05, 4.69) is 10.2 Å². The molecule has 1 aliphatic rings. The number of carbonyl (C=O) groups is 1. The molecule has 2 heterocycles. The highest BCUT2D eigenvalue weighted by atomic mass is 32.2. The van der Waals surface area contributed by atoms with Gasteiger partial charge in [0.05, 0.1) is 11.4 Å². The Morgan fingerprint density at radius 3 is 2.32 bits per heavy atom. The van der Waals surface area contributed by atoms with E-state index in [1.165, 1.54) is 11.0 Å². The molecule has 0 aliphatic carbocycles. The summed E-state index contributed by atoms with van der Waals surface area (Å²) < 4.78 is 33.7. The Labute approximate surface area is 197 Å². The van der Waals surface area contributed by atoms with E-state index in [0.717, 1.165) is 21.0 Å². The van der Waals surface area contributed by atoms with E-state index in [4.69, 9.17) is 4.42 Å². The van der Waals surface area contributed by atoms with E-state index in [1.807, 2.05) is 44.2 Å². The van der Waals surface area contributed by atoms with Gasteiger partial charge in [0.2, 0.25) is 11.8 Å². The predicted octanol–water partition coefficient (Wildman–Crippen LogP) is 5.00. The smallest absolute Gasteiger partial charge is 0.343 e. The van der Waals surface area contributed by atoms with Crippen LogP contribution in [0.1, 0.15) is 22.6 Å². The fraction of sp³-hybridized carbons (Fsp3) is 0.160. The maximum atomic E-state index is 13.7. The van der Waals surface area contributed by atoms with Gasteiger partial charge in [-0.1, -0.05) is 42.0 Å². The lowest BCUT2D eigenvalue weighted by atomic mass is 10.1. The summed E-state index contributed by atoms with van der Waals surface area (Å²) in [5, 5.41) is 8.21. The molecule has 0 spiro atoms. The molecule has 1 aliphatic heterocycles. The SMILES string of the molecule is Cc1ccc(-c2nnc(CN3C(=O)N(c4cc(C)ccc4C)S(=O)(=O)c4ccccc43)o2)cc1. The number of nitrogens with zero attached hydrogens (tertiary/aromatic N) is 4. The molecule has 5 rings (SSSR count). The lowest BCUT2D eigenvalue weighted by Crippen LogP contribution is -2.51. The minimum atomic E-state index is -4.12. The van der Waals surface area contributed by atoms with Crippen molar-refractivity contribution in [2.75, 3.05) is 9.21 Å². The van der Waals surface area contributed by atoms with E-state index in [1.54, 1.807) is 37.3 Å². The van der Waals surface area contributed by atoms with Gasteiger partial charge >= 0.3 is 6.03 Å². The minimum absolute atomic E-state index is 0.0359. The number of fused-ring (bicyclic) bond motifs is 1. The van der Waals surface area contributed by atoms with Gasteiger partial charge in [-0.05, 0) is 62.2 Å². The van der Waals surface area contributed by atoms with E-state index in [0.29, 0.717) is 17.1 Å². The van der Waals surface area contributed by atoms with Gasteiger partial charge in [0.15, 0.2) is 0 Å². The summed E-state index contributed by atoms with van der Waals surface area (Å²) in [7, 11) is -4.12. The molecule has 2 amide bonds. The van der Waals surface area contributed by atoms with Crippen molar-refractivity contribution in [2.24, 2.45) is 0 Å². The Bertz CT molecular complexity index is 1510. The number of para-hydroxylation sites is 1. The largest absolute Gasteiger partial charge is 0.419 e. The van der Waals surface area contributed by atoms with Crippen molar-refractivity contribution in [2.45, 2.75) is 32.2 Å². The molecule has 9 heteroatoms. The summed E-state index contributed by atoms with van der Waals surface area (Å²) >= 11 is 0. The molecule has 34 heavy (non-hydrogen) atoms. The number of aromatic nitrogens is 2. The van der Waals surface area contributed by atoms with Crippen LogP contribution in [0.5, 0.6) is 0 Å². The Balaban J connectivity index is 1.58. The number of amides is 2. The first-order valence-electron chi connectivity index (χ1n) is 10.7. The normalized spacial score (nSPS) is 14.9. The molecular formula is C25H22N4O4S. The summed E-state index contributed by atoms with van der Waals surface area (Å²) in [4.78, 5) is 15.1. The predicted molar refractivity (Wildman–Crippen MR) is 128 cm³/mol. The van der Waals surface area contributed by atoms with E-state index in [-0.39, 0.29) is 23.0 Å². The summed E-state index contributed by atoms with van der Waals surface area (Å²) in [6.45, 7) is 5.53. The Morgan fingerprint density at radius 1 is 0.853 bits per heavy atom. The van der Waals surface area contributed by atoms with Crippen LogP contribution < -0.4 is 9.21 Å². The van der Waals surface area contributed by atoms with Crippen molar-refractivity contribution in [3.8, 4) is 11.5 Å². The molecule has 8 nitrogen and oxygen atoms in total. The lowest BCUT2D eigenvalue weighted by Gasteiger charge is -2.36. The lowest BCUT2D eigenvalue weighted by molar-refractivity contribution is 0.252. The molecule has 0 bridgehead atoms. The van der Waals surface area contributed by atoms with Crippen LogP contribution in [0.15, 0.2) is 76.0 Å². The molecule has 0 atom stereocenters. The maximum absolute atomic E-state index is 13.7. The third kappa shape index (κ3) is 3.63. The topological polar surface area (TPSA) is 96.6 Å². The molecule has 0 saturated carbocycles. The Kier molecular flexibility index (Phi) is 5.21. The van der Waals surface area contributed by atoms with Gasteiger partial charge in [-0.3, -0.25) is 4.90 Å². The zero-order chi connectivity index (χ0) is 24.0. The first-order valence-corrected chi connectivity index (χ1v) is 12.1. The standard InChI is InChI=1S/C25H22N4O4S/c1-16-9-12-19(13-10-16)24-27-26-23(33-24)15-28-20-6-4-5-7-22(20)34(31,32)29(25(28)30)21-14-17(2)8-11-18(21)3/h4-14H,15H2,1-3H3. The number of benzene rings is 3. The second-order valence-corrected chi connectivity index (χ2v) is 10.0. The van der Waals surface area contributed by atoms with Gasteiger partial charge in [-0.25, -0.2) is 13.2 Å². The van der Waals surface area contributed by atoms with Crippen molar-refractivity contribution in [1.82, 2.24) is 10.2 Å². The number of hydrogen-bond acceptors (Lipinski definition) is 6. The van der Waals surface area contributed by atoms with Crippen molar-refractivity contribution in [3.05, 3.63) is 89.3 Å². The fourth-order valence-corrected chi connectivity index (χ4v) is 5.55.